The van der Waals surface area contributed by atoms with E-state index in [1.807, 2.05) is 0 Å². The van der Waals surface area contributed by atoms with Gasteiger partial charge in [0.1, 0.15) is 6.54 Å². The van der Waals surface area contributed by atoms with E-state index in [1.54, 1.807) is 13.3 Å². The standard InChI is InChI=1S/C12H20N4O4/c1-20-7-6-13-11(17)9-16-8-10(14-15-16)4-2-3-5-12(18)19/h8H,2-7,9H2,1H3,(H,13,17)(H,18,19). The number of aryl methyl sites for hydroxylation is 1. The molecule has 0 saturated heterocycles. The fourth-order valence-electron chi connectivity index (χ4n) is 1.61. The molecule has 0 aliphatic rings. The van der Waals surface area contributed by atoms with Crippen molar-refractivity contribution in [2.45, 2.75) is 32.2 Å². The van der Waals surface area contributed by atoms with Gasteiger partial charge in [-0.2, -0.15) is 0 Å². The minimum atomic E-state index is -0.790. The fraction of sp³-hybridized carbons (Fsp3) is 0.667. The number of unbranched alkanes of at least 4 members (excludes halogenated alkanes) is 1. The van der Waals surface area contributed by atoms with Crippen LogP contribution < -0.4 is 5.32 Å². The summed E-state index contributed by atoms with van der Waals surface area (Å²) in [6.45, 7) is 1.05. The van der Waals surface area contributed by atoms with Crippen molar-refractivity contribution in [2.75, 3.05) is 20.3 Å². The summed E-state index contributed by atoms with van der Waals surface area (Å²) in [6, 6.07) is 0. The van der Waals surface area contributed by atoms with Gasteiger partial charge >= 0.3 is 5.97 Å². The Labute approximate surface area is 117 Å². The third-order valence-corrected chi connectivity index (χ3v) is 2.59. The molecule has 1 amide bonds. The second-order valence-electron chi connectivity index (χ2n) is 4.35. The Hall–Kier alpha value is -1.96. The van der Waals surface area contributed by atoms with Crippen LogP contribution in [0.1, 0.15) is 25.0 Å². The third kappa shape index (κ3) is 6.83. The molecule has 8 nitrogen and oxygen atoms in total. The normalized spacial score (nSPS) is 10.4. The van der Waals surface area contributed by atoms with Crippen LogP contribution in [-0.4, -0.2) is 52.2 Å². The van der Waals surface area contributed by atoms with Crippen LogP contribution in [0.25, 0.3) is 0 Å². The highest BCUT2D eigenvalue weighted by atomic mass is 16.5. The third-order valence-electron chi connectivity index (χ3n) is 2.59. The fourth-order valence-corrected chi connectivity index (χ4v) is 1.61. The highest BCUT2D eigenvalue weighted by Gasteiger charge is 2.06. The number of amides is 1. The molecule has 0 radical (unpaired) electrons. The van der Waals surface area contributed by atoms with Gasteiger partial charge in [0, 0.05) is 26.3 Å². The first-order valence-corrected chi connectivity index (χ1v) is 6.48. The number of hydrogen-bond donors (Lipinski definition) is 2. The van der Waals surface area contributed by atoms with Crippen molar-refractivity contribution in [3.8, 4) is 0 Å². The van der Waals surface area contributed by atoms with Crippen LogP contribution in [0.15, 0.2) is 6.20 Å². The maximum Gasteiger partial charge on any atom is 0.303 e. The van der Waals surface area contributed by atoms with Gasteiger partial charge in [0.05, 0.1) is 12.3 Å². The Bertz CT molecular complexity index is 433. The minimum Gasteiger partial charge on any atom is -0.481 e. The summed E-state index contributed by atoms with van der Waals surface area (Å²) in [6.07, 6.45) is 3.88. The van der Waals surface area contributed by atoms with Crippen LogP contribution in [0.3, 0.4) is 0 Å². The molecule has 0 bridgehead atoms. The number of carboxylic acid groups (broad SMARTS) is 1. The van der Waals surface area contributed by atoms with Crippen molar-refractivity contribution in [1.82, 2.24) is 20.3 Å². The van der Waals surface area contributed by atoms with Crippen molar-refractivity contribution in [2.24, 2.45) is 0 Å². The summed E-state index contributed by atoms with van der Waals surface area (Å²) in [5.74, 6) is -0.939. The number of rotatable bonds is 10. The average Bonchev–Trinajstić information content (AvgIpc) is 2.82. The lowest BCUT2D eigenvalue weighted by Crippen LogP contribution is -2.30. The largest absolute Gasteiger partial charge is 0.481 e. The molecule has 1 rings (SSSR count). The van der Waals surface area contributed by atoms with E-state index in [1.165, 1.54) is 4.68 Å². The topological polar surface area (TPSA) is 106 Å². The Morgan fingerprint density at radius 1 is 1.45 bits per heavy atom. The zero-order valence-corrected chi connectivity index (χ0v) is 11.5. The van der Waals surface area contributed by atoms with Crippen molar-refractivity contribution in [3.63, 3.8) is 0 Å². The van der Waals surface area contributed by atoms with Crippen molar-refractivity contribution in [1.29, 1.82) is 0 Å². The first kappa shape index (κ1) is 16.1. The zero-order chi connectivity index (χ0) is 14.8. The van der Waals surface area contributed by atoms with Crippen molar-refractivity contribution < 1.29 is 19.4 Å². The smallest absolute Gasteiger partial charge is 0.303 e. The Morgan fingerprint density at radius 3 is 2.95 bits per heavy atom. The Kier molecular flexibility index (Phi) is 7.26. The van der Waals surface area contributed by atoms with Crippen molar-refractivity contribution in [3.05, 3.63) is 11.9 Å². The summed E-state index contributed by atoms with van der Waals surface area (Å²) < 4.78 is 6.29. The van der Waals surface area contributed by atoms with Crippen LogP contribution in [0.5, 0.6) is 0 Å². The predicted molar refractivity (Wildman–Crippen MR) is 70.1 cm³/mol. The first-order valence-electron chi connectivity index (χ1n) is 6.48. The van der Waals surface area contributed by atoms with Gasteiger partial charge < -0.3 is 15.2 Å². The molecule has 2 N–H and O–H groups in total. The number of carboxylic acids is 1. The SMILES string of the molecule is COCCNC(=O)Cn1cc(CCCCC(=O)O)nn1. The van der Waals surface area contributed by atoms with E-state index in [2.05, 4.69) is 15.6 Å². The van der Waals surface area contributed by atoms with Gasteiger partial charge in [-0.3, -0.25) is 9.59 Å². The monoisotopic (exact) mass is 284 g/mol. The molecular formula is C12H20N4O4. The van der Waals surface area contributed by atoms with Gasteiger partial charge in [0.15, 0.2) is 0 Å². The quantitative estimate of drug-likeness (QED) is 0.578. The van der Waals surface area contributed by atoms with Gasteiger partial charge in [-0.25, -0.2) is 4.68 Å². The van der Waals surface area contributed by atoms with Gasteiger partial charge in [0.2, 0.25) is 5.91 Å². The molecule has 0 unspecified atom stereocenters. The lowest BCUT2D eigenvalue weighted by Gasteiger charge is -2.03. The molecular weight excluding hydrogens is 264 g/mol. The molecule has 0 fully saturated rings. The van der Waals surface area contributed by atoms with E-state index in [4.69, 9.17) is 9.84 Å². The lowest BCUT2D eigenvalue weighted by molar-refractivity contribution is -0.137. The Balaban J connectivity index is 2.24. The second-order valence-corrected chi connectivity index (χ2v) is 4.35. The number of carbonyl (C=O) groups excluding carboxylic acids is 1. The van der Waals surface area contributed by atoms with Crippen LogP contribution in [0.4, 0.5) is 0 Å². The minimum absolute atomic E-state index is 0.117. The number of nitrogens with one attached hydrogen (secondary N) is 1. The van der Waals surface area contributed by atoms with Crippen LogP contribution >= 0.6 is 0 Å². The van der Waals surface area contributed by atoms with E-state index >= 15 is 0 Å². The summed E-state index contributed by atoms with van der Waals surface area (Å²) >= 11 is 0. The van der Waals surface area contributed by atoms with E-state index < -0.39 is 5.97 Å². The van der Waals surface area contributed by atoms with Gasteiger partial charge in [0.25, 0.3) is 0 Å². The molecule has 0 spiro atoms. The van der Waals surface area contributed by atoms with E-state index in [9.17, 15) is 9.59 Å². The maximum absolute atomic E-state index is 11.5. The number of carbonyl (C=O) groups is 2. The lowest BCUT2D eigenvalue weighted by atomic mass is 10.1. The molecule has 0 aromatic carbocycles. The molecule has 0 aliphatic carbocycles. The summed E-state index contributed by atoms with van der Waals surface area (Å²) in [5.41, 5.74) is 0.764. The number of nitrogens with zero attached hydrogens (tertiary/aromatic N) is 3. The molecule has 112 valence electrons. The molecule has 0 atom stereocenters. The number of methoxy groups -OCH3 is 1. The van der Waals surface area contributed by atoms with Crippen molar-refractivity contribution >= 4 is 11.9 Å². The van der Waals surface area contributed by atoms with Gasteiger partial charge in [-0.1, -0.05) is 5.21 Å². The highest BCUT2D eigenvalue weighted by molar-refractivity contribution is 5.75. The first-order chi connectivity index (χ1) is 9.61. The van der Waals surface area contributed by atoms with E-state index in [0.29, 0.717) is 26.0 Å². The second kappa shape index (κ2) is 9.03. The zero-order valence-electron chi connectivity index (χ0n) is 11.5. The molecule has 8 heteroatoms. The highest BCUT2D eigenvalue weighted by Crippen LogP contribution is 2.03. The number of aliphatic carboxylic acids is 1. The maximum atomic E-state index is 11.5. The summed E-state index contributed by atoms with van der Waals surface area (Å²) in [7, 11) is 1.57. The number of aromatic nitrogens is 3. The molecule has 1 heterocycles. The molecule has 0 aliphatic heterocycles. The molecule has 1 aromatic heterocycles. The summed E-state index contributed by atoms with van der Waals surface area (Å²) in [4.78, 5) is 21.9. The van der Waals surface area contributed by atoms with Crippen LogP contribution in [0, 0.1) is 0 Å². The molecule has 0 saturated carbocycles. The van der Waals surface area contributed by atoms with Crippen LogP contribution in [-0.2, 0) is 27.3 Å². The van der Waals surface area contributed by atoms with E-state index in [0.717, 1.165) is 12.1 Å². The van der Waals surface area contributed by atoms with E-state index in [-0.39, 0.29) is 18.9 Å². The number of ether oxygens (including phenoxy) is 1. The predicted octanol–water partition coefficient (Wildman–Crippen LogP) is -0.162. The summed E-state index contributed by atoms with van der Waals surface area (Å²) in [5, 5.41) is 19.0. The van der Waals surface area contributed by atoms with Crippen LogP contribution in [0.2, 0.25) is 0 Å². The Morgan fingerprint density at radius 2 is 2.25 bits per heavy atom. The van der Waals surface area contributed by atoms with Gasteiger partial charge in [-0.15, -0.1) is 5.10 Å². The molecule has 20 heavy (non-hydrogen) atoms. The molecule has 1 aromatic rings. The van der Waals surface area contributed by atoms with Gasteiger partial charge in [-0.05, 0) is 19.3 Å². The number of hydrogen-bond acceptors (Lipinski definition) is 5. The average molecular weight is 284 g/mol.